The Balaban J connectivity index is 1.52. The first kappa shape index (κ1) is 24.6. The Hall–Kier alpha value is -3.76. The molecule has 0 bridgehead atoms. The summed E-state index contributed by atoms with van der Waals surface area (Å²) in [7, 11) is 0. The molecule has 196 valence electrons. The number of H-pyrrole nitrogens is 1. The van der Waals surface area contributed by atoms with Crippen molar-refractivity contribution in [3.8, 4) is 5.75 Å². The standard InChI is InChI=1S/C28H30N6O3S/c1-2-36-21-11-12-25-19(15-21)16-24(28(35)29-25)26(27-30-31-32-34(27)20-7-3-4-8-20)33(17-22-9-5-13-37-22)18-23-10-6-14-38-23/h5-6,9-16,20,26H,2-4,7-8,17-18H2,1H3,(H,29,35)/t26-/m1/s1. The molecule has 0 radical (unpaired) electrons. The Kier molecular flexibility index (Phi) is 7.06. The summed E-state index contributed by atoms with van der Waals surface area (Å²) in [5.74, 6) is 2.24. The summed E-state index contributed by atoms with van der Waals surface area (Å²) in [5.41, 5.74) is 1.18. The molecular formula is C28H30N6O3S. The van der Waals surface area contributed by atoms with Gasteiger partial charge >= 0.3 is 0 Å². The summed E-state index contributed by atoms with van der Waals surface area (Å²) in [5, 5.41) is 16.0. The number of nitrogens with zero attached hydrogens (tertiary/aromatic N) is 5. The third kappa shape index (κ3) is 5.01. The van der Waals surface area contributed by atoms with Crippen LogP contribution >= 0.6 is 11.3 Å². The first-order chi connectivity index (χ1) is 18.7. The second-order valence-corrected chi connectivity index (χ2v) is 10.7. The maximum absolute atomic E-state index is 13.7. The molecule has 4 heterocycles. The topological polar surface area (TPSA) is 102 Å². The number of ether oxygens (including phenoxy) is 1. The highest BCUT2D eigenvalue weighted by atomic mass is 32.1. The molecule has 9 nitrogen and oxygen atoms in total. The third-order valence-corrected chi connectivity index (χ3v) is 7.99. The minimum atomic E-state index is -0.498. The van der Waals surface area contributed by atoms with Gasteiger partial charge in [-0.1, -0.05) is 18.9 Å². The molecule has 0 saturated heterocycles. The smallest absolute Gasteiger partial charge is 0.253 e. The van der Waals surface area contributed by atoms with Gasteiger partial charge in [-0.2, -0.15) is 0 Å². The Bertz CT molecular complexity index is 1500. The lowest BCUT2D eigenvalue weighted by atomic mass is 10.0. The number of hydrogen-bond donors (Lipinski definition) is 1. The van der Waals surface area contributed by atoms with E-state index < -0.39 is 6.04 Å². The van der Waals surface area contributed by atoms with Crippen LogP contribution in [0.4, 0.5) is 0 Å². The van der Waals surface area contributed by atoms with Gasteiger partial charge in [0.15, 0.2) is 5.82 Å². The van der Waals surface area contributed by atoms with Gasteiger partial charge in [0.25, 0.3) is 5.56 Å². The molecule has 1 aromatic carbocycles. The molecule has 0 spiro atoms. The summed E-state index contributed by atoms with van der Waals surface area (Å²) in [6, 6.07) is 15.4. The first-order valence-corrected chi connectivity index (χ1v) is 13.9. The van der Waals surface area contributed by atoms with Crippen molar-refractivity contribution >= 4 is 22.2 Å². The van der Waals surface area contributed by atoms with Crippen LogP contribution in [0.5, 0.6) is 5.75 Å². The third-order valence-electron chi connectivity index (χ3n) is 7.13. The minimum Gasteiger partial charge on any atom is -0.494 e. The highest BCUT2D eigenvalue weighted by Gasteiger charge is 2.34. The van der Waals surface area contributed by atoms with E-state index in [0.717, 1.165) is 48.1 Å². The Morgan fingerprint density at radius 2 is 2.08 bits per heavy atom. The minimum absolute atomic E-state index is 0.164. The molecule has 0 amide bonds. The van der Waals surface area contributed by atoms with Gasteiger partial charge < -0.3 is 14.1 Å². The molecule has 0 aliphatic heterocycles. The zero-order valence-corrected chi connectivity index (χ0v) is 22.1. The molecule has 4 aromatic heterocycles. The summed E-state index contributed by atoms with van der Waals surface area (Å²) < 4.78 is 13.4. The fourth-order valence-electron chi connectivity index (χ4n) is 5.39. The monoisotopic (exact) mass is 530 g/mol. The van der Waals surface area contributed by atoms with Crippen LogP contribution in [0.3, 0.4) is 0 Å². The molecule has 1 aliphatic carbocycles. The maximum atomic E-state index is 13.7. The number of aromatic nitrogens is 5. The average molecular weight is 531 g/mol. The molecule has 0 unspecified atom stereocenters. The van der Waals surface area contributed by atoms with E-state index in [1.807, 2.05) is 54.1 Å². The zero-order chi connectivity index (χ0) is 25.9. The Morgan fingerprint density at radius 3 is 2.84 bits per heavy atom. The van der Waals surface area contributed by atoms with Crippen molar-refractivity contribution in [2.45, 2.75) is 57.8 Å². The van der Waals surface area contributed by atoms with E-state index in [4.69, 9.17) is 9.15 Å². The predicted octanol–water partition coefficient (Wildman–Crippen LogP) is 5.47. The van der Waals surface area contributed by atoms with Crippen molar-refractivity contribution in [1.29, 1.82) is 0 Å². The molecule has 1 aliphatic rings. The summed E-state index contributed by atoms with van der Waals surface area (Å²) >= 11 is 1.68. The van der Waals surface area contributed by atoms with E-state index in [-0.39, 0.29) is 11.6 Å². The lowest BCUT2D eigenvalue weighted by Crippen LogP contribution is -2.35. The van der Waals surface area contributed by atoms with Crippen LogP contribution in [0, 0.1) is 0 Å². The van der Waals surface area contributed by atoms with Crippen LogP contribution < -0.4 is 10.3 Å². The SMILES string of the molecule is CCOc1ccc2[nH]c(=O)c([C@H](c3nnnn3C3CCCC3)N(Cc3ccco3)Cc3cccs3)cc2c1. The second-order valence-electron chi connectivity index (χ2n) is 9.62. The number of hydrogen-bond acceptors (Lipinski definition) is 8. The fraction of sp³-hybridized carbons (Fsp3) is 0.357. The number of furan rings is 1. The molecule has 1 saturated carbocycles. The summed E-state index contributed by atoms with van der Waals surface area (Å²) in [4.78, 5) is 20.2. The highest BCUT2D eigenvalue weighted by Crippen LogP contribution is 2.35. The quantitative estimate of drug-likeness (QED) is 0.255. The predicted molar refractivity (Wildman–Crippen MR) is 145 cm³/mol. The normalized spacial score (nSPS) is 15.0. The second kappa shape index (κ2) is 10.9. The number of rotatable bonds is 10. The molecule has 6 rings (SSSR count). The van der Waals surface area contributed by atoms with Crippen molar-refractivity contribution < 1.29 is 9.15 Å². The van der Waals surface area contributed by atoms with Crippen LogP contribution in [0.25, 0.3) is 10.9 Å². The first-order valence-electron chi connectivity index (χ1n) is 13.1. The van der Waals surface area contributed by atoms with E-state index in [1.165, 1.54) is 4.88 Å². The van der Waals surface area contributed by atoms with Crippen LogP contribution in [0.15, 0.2) is 69.4 Å². The van der Waals surface area contributed by atoms with Crippen molar-refractivity contribution in [2.75, 3.05) is 6.61 Å². The summed E-state index contributed by atoms with van der Waals surface area (Å²) in [6.45, 7) is 3.62. The number of benzene rings is 1. The fourth-order valence-corrected chi connectivity index (χ4v) is 6.12. The van der Waals surface area contributed by atoms with Gasteiger partial charge in [-0.25, -0.2) is 4.68 Å². The Morgan fingerprint density at radius 1 is 1.18 bits per heavy atom. The van der Waals surface area contributed by atoms with Gasteiger partial charge in [0, 0.05) is 27.9 Å². The Labute approximate surface area is 224 Å². The van der Waals surface area contributed by atoms with Crippen LogP contribution in [-0.4, -0.2) is 36.7 Å². The molecule has 5 aromatic rings. The van der Waals surface area contributed by atoms with Crippen molar-refractivity contribution in [2.24, 2.45) is 0 Å². The lowest BCUT2D eigenvalue weighted by molar-refractivity contribution is 0.178. The lowest BCUT2D eigenvalue weighted by Gasteiger charge is -2.30. The number of thiophene rings is 1. The highest BCUT2D eigenvalue weighted by molar-refractivity contribution is 7.09. The van der Waals surface area contributed by atoms with Gasteiger partial charge in [-0.05, 0) is 78.0 Å². The van der Waals surface area contributed by atoms with Crippen molar-refractivity contribution in [1.82, 2.24) is 30.1 Å². The van der Waals surface area contributed by atoms with Gasteiger partial charge in [-0.15, -0.1) is 16.4 Å². The van der Waals surface area contributed by atoms with Gasteiger partial charge in [-0.3, -0.25) is 9.69 Å². The van der Waals surface area contributed by atoms with Crippen LogP contribution in [0.2, 0.25) is 0 Å². The number of fused-ring (bicyclic) bond motifs is 1. The van der Waals surface area contributed by atoms with Crippen molar-refractivity contribution in [3.63, 3.8) is 0 Å². The van der Waals surface area contributed by atoms with E-state index in [0.29, 0.717) is 31.1 Å². The molecular weight excluding hydrogens is 500 g/mol. The van der Waals surface area contributed by atoms with E-state index >= 15 is 0 Å². The van der Waals surface area contributed by atoms with E-state index in [9.17, 15) is 4.79 Å². The van der Waals surface area contributed by atoms with Crippen LogP contribution in [0.1, 0.15) is 66.7 Å². The molecule has 1 N–H and O–H groups in total. The van der Waals surface area contributed by atoms with Gasteiger partial charge in [0.05, 0.1) is 25.5 Å². The van der Waals surface area contributed by atoms with E-state index in [1.54, 1.807) is 17.6 Å². The maximum Gasteiger partial charge on any atom is 0.253 e. The molecule has 1 fully saturated rings. The largest absolute Gasteiger partial charge is 0.494 e. The summed E-state index contributed by atoms with van der Waals surface area (Å²) in [6.07, 6.45) is 6.03. The number of pyridine rings is 1. The number of nitrogens with one attached hydrogen (secondary N) is 1. The van der Waals surface area contributed by atoms with Crippen LogP contribution in [-0.2, 0) is 13.1 Å². The molecule has 38 heavy (non-hydrogen) atoms. The molecule has 10 heteroatoms. The van der Waals surface area contributed by atoms with Gasteiger partial charge in [0.1, 0.15) is 17.6 Å². The number of tetrazole rings is 1. The van der Waals surface area contributed by atoms with E-state index in [2.05, 4.69) is 36.9 Å². The van der Waals surface area contributed by atoms with Gasteiger partial charge in [0.2, 0.25) is 0 Å². The molecule has 1 atom stereocenters. The van der Waals surface area contributed by atoms with Crippen molar-refractivity contribution in [3.05, 3.63) is 92.6 Å². The zero-order valence-electron chi connectivity index (χ0n) is 21.2. The number of aromatic amines is 1. The average Bonchev–Trinajstić information content (AvgIpc) is 3.73.